The standard InChI is InChI=1S/C17H19ClN2/c1-13(2)12-17(14-6-4-3-5-7-14)20-19-16-10-8-15(18)9-11-16/h3-11,13,19H,12H2,1-2H3/b20-17-. The summed E-state index contributed by atoms with van der Waals surface area (Å²) >= 11 is 5.88. The number of rotatable bonds is 5. The number of nitrogens with zero attached hydrogens (tertiary/aromatic N) is 1. The minimum absolute atomic E-state index is 0.556. The van der Waals surface area contributed by atoms with Crippen LogP contribution >= 0.6 is 11.6 Å². The normalized spacial score (nSPS) is 11.7. The highest BCUT2D eigenvalue weighted by Crippen LogP contribution is 2.15. The molecule has 1 N–H and O–H groups in total. The molecule has 0 bridgehead atoms. The van der Waals surface area contributed by atoms with Gasteiger partial charge in [-0.3, -0.25) is 5.43 Å². The summed E-state index contributed by atoms with van der Waals surface area (Å²) in [7, 11) is 0. The Morgan fingerprint density at radius 1 is 1.05 bits per heavy atom. The number of halogens is 1. The number of nitrogens with one attached hydrogen (secondary N) is 1. The Morgan fingerprint density at radius 3 is 2.30 bits per heavy atom. The zero-order valence-electron chi connectivity index (χ0n) is 11.8. The second-order valence-corrected chi connectivity index (χ2v) is 5.58. The fourth-order valence-corrected chi connectivity index (χ4v) is 2.03. The molecule has 0 aliphatic rings. The zero-order valence-corrected chi connectivity index (χ0v) is 12.6. The molecule has 0 atom stereocenters. The SMILES string of the molecule is CC(C)C/C(=N/Nc1ccc(Cl)cc1)c1ccccc1. The quantitative estimate of drug-likeness (QED) is 0.593. The molecule has 2 aromatic rings. The fourth-order valence-electron chi connectivity index (χ4n) is 1.90. The van der Waals surface area contributed by atoms with Crippen LogP contribution in [0.2, 0.25) is 5.02 Å². The van der Waals surface area contributed by atoms with E-state index in [0.29, 0.717) is 5.92 Å². The van der Waals surface area contributed by atoms with Crippen molar-refractivity contribution in [2.75, 3.05) is 5.43 Å². The van der Waals surface area contributed by atoms with Gasteiger partial charge in [-0.1, -0.05) is 55.8 Å². The molecule has 0 heterocycles. The smallest absolute Gasteiger partial charge is 0.0681 e. The highest BCUT2D eigenvalue weighted by Gasteiger charge is 2.06. The van der Waals surface area contributed by atoms with Crippen molar-refractivity contribution >= 4 is 23.0 Å². The lowest BCUT2D eigenvalue weighted by molar-refractivity contribution is 0.683. The Balaban J connectivity index is 2.18. The van der Waals surface area contributed by atoms with E-state index in [1.54, 1.807) is 0 Å². The van der Waals surface area contributed by atoms with Gasteiger partial charge in [0.1, 0.15) is 0 Å². The first-order valence-corrected chi connectivity index (χ1v) is 7.16. The lowest BCUT2D eigenvalue weighted by atomic mass is 10.0. The summed E-state index contributed by atoms with van der Waals surface area (Å²) in [5.74, 6) is 0.556. The molecule has 2 aromatic carbocycles. The maximum Gasteiger partial charge on any atom is 0.0681 e. The van der Waals surface area contributed by atoms with Gasteiger partial charge in [0, 0.05) is 5.02 Å². The summed E-state index contributed by atoms with van der Waals surface area (Å²) < 4.78 is 0. The topological polar surface area (TPSA) is 24.4 Å². The minimum atomic E-state index is 0.556. The van der Waals surface area contributed by atoms with Crippen LogP contribution in [0.3, 0.4) is 0 Å². The highest BCUT2D eigenvalue weighted by molar-refractivity contribution is 6.30. The number of anilines is 1. The van der Waals surface area contributed by atoms with Gasteiger partial charge < -0.3 is 0 Å². The van der Waals surface area contributed by atoms with Crippen molar-refractivity contribution < 1.29 is 0 Å². The molecular formula is C17H19ClN2. The molecule has 104 valence electrons. The molecule has 20 heavy (non-hydrogen) atoms. The van der Waals surface area contributed by atoms with Crippen molar-refractivity contribution in [3.05, 3.63) is 65.2 Å². The molecule has 2 nitrogen and oxygen atoms in total. The maximum atomic E-state index is 5.88. The van der Waals surface area contributed by atoms with Crippen LogP contribution in [0.25, 0.3) is 0 Å². The monoisotopic (exact) mass is 286 g/mol. The van der Waals surface area contributed by atoms with Gasteiger partial charge in [-0.15, -0.1) is 0 Å². The lowest BCUT2D eigenvalue weighted by Crippen LogP contribution is -2.08. The van der Waals surface area contributed by atoms with E-state index < -0.39 is 0 Å². The molecule has 0 saturated carbocycles. The van der Waals surface area contributed by atoms with Crippen LogP contribution in [0.4, 0.5) is 5.69 Å². The van der Waals surface area contributed by atoms with Crippen molar-refractivity contribution in [3.63, 3.8) is 0 Å². The molecule has 0 unspecified atom stereocenters. The van der Waals surface area contributed by atoms with E-state index in [1.807, 2.05) is 42.5 Å². The van der Waals surface area contributed by atoms with Crippen LogP contribution in [-0.4, -0.2) is 5.71 Å². The van der Waals surface area contributed by atoms with Crippen LogP contribution in [0, 0.1) is 5.92 Å². The van der Waals surface area contributed by atoms with Gasteiger partial charge in [0.25, 0.3) is 0 Å². The average molecular weight is 287 g/mol. The van der Waals surface area contributed by atoms with E-state index in [0.717, 1.165) is 28.4 Å². The van der Waals surface area contributed by atoms with Crippen LogP contribution in [0.1, 0.15) is 25.8 Å². The van der Waals surface area contributed by atoms with Gasteiger partial charge in [0.15, 0.2) is 0 Å². The first-order chi connectivity index (χ1) is 9.65. The summed E-state index contributed by atoms with van der Waals surface area (Å²) in [5.41, 5.74) is 6.26. The molecule has 0 radical (unpaired) electrons. The van der Waals surface area contributed by atoms with Gasteiger partial charge >= 0.3 is 0 Å². The maximum absolute atomic E-state index is 5.88. The van der Waals surface area contributed by atoms with Gasteiger partial charge in [-0.25, -0.2) is 0 Å². The second-order valence-electron chi connectivity index (χ2n) is 5.14. The number of hydrazone groups is 1. The van der Waals surface area contributed by atoms with E-state index >= 15 is 0 Å². The Hall–Kier alpha value is -1.80. The first kappa shape index (κ1) is 14.6. The molecule has 0 spiro atoms. The Labute approximate surface area is 125 Å². The Morgan fingerprint density at radius 2 is 1.70 bits per heavy atom. The van der Waals surface area contributed by atoms with E-state index in [4.69, 9.17) is 11.6 Å². The van der Waals surface area contributed by atoms with Gasteiger partial charge in [-0.2, -0.15) is 5.10 Å². The Kier molecular flexibility index (Phi) is 5.19. The molecule has 2 rings (SSSR count). The van der Waals surface area contributed by atoms with E-state index in [9.17, 15) is 0 Å². The van der Waals surface area contributed by atoms with Gasteiger partial charge in [-0.05, 0) is 42.2 Å². The summed E-state index contributed by atoms with van der Waals surface area (Å²) in [6, 6.07) is 17.8. The summed E-state index contributed by atoms with van der Waals surface area (Å²) in [6.45, 7) is 4.39. The van der Waals surface area contributed by atoms with Crippen LogP contribution in [-0.2, 0) is 0 Å². The molecule has 0 aliphatic heterocycles. The predicted molar refractivity (Wildman–Crippen MR) is 87.5 cm³/mol. The zero-order chi connectivity index (χ0) is 14.4. The third-order valence-corrected chi connectivity index (χ3v) is 3.12. The van der Waals surface area contributed by atoms with E-state index in [2.05, 4.69) is 36.5 Å². The van der Waals surface area contributed by atoms with E-state index in [-0.39, 0.29) is 0 Å². The highest BCUT2D eigenvalue weighted by atomic mass is 35.5. The largest absolute Gasteiger partial charge is 0.278 e. The van der Waals surface area contributed by atoms with E-state index in [1.165, 1.54) is 0 Å². The first-order valence-electron chi connectivity index (χ1n) is 6.78. The van der Waals surface area contributed by atoms with Crippen molar-refractivity contribution in [1.82, 2.24) is 0 Å². The number of hydrogen-bond acceptors (Lipinski definition) is 2. The van der Waals surface area contributed by atoms with Crippen LogP contribution in [0.5, 0.6) is 0 Å². The van der Waals surface area contributed by atoms with Crippen molar-refractivity contribution in [3.8, 4) is 0 Å². The van der Waals surface area contributed by atoms with Crippen LogP contribution in [0.15, 0.2) is 59.7 Å². The molecule has 0 aliphatic carbocycles. The van der Waals surface area contributed by atoms with Crippen molar-refractivity contribution in [2.24, 2.45) is 11.0 Å². The fraction of sp³-hybridized carbons (Fsp3) is 0.235. The van der Waals surface area contributed by atoms with Gasteiger partial charge in [0.2, 0.25) is 0 Å². The minimum Gasteiger partial charge on any atom is -0.278 e. The summed E-state index contributed by atoms with van der Waals surface area (Å²) in [5, 5.41) is 5.28. The molecule has 3 heteroatoms. The lowest BCUT2D eigenvalue weighted by Gasteiger charge is -2.10. The third kappa shape index (κ3) is 4.39. The van der Waals surface area contributed by atoms with Crippen molar-refractivity contribution in [2.45, 2.75) is 20.3 Å². The van der Waals surface area contributed by atoms with Crippen LogP contribution < -0.4 is 5.43 Å². The summed E-state index contributed by atoms with van der Waals surface area (Å²) in [6.07, 6.45) is 0.935. The van der Waals surface area contributed by atoms with Gasteiger partial charge in [0.05, 0.1) is 11.4 Å². The summed E-state index contributed by atoms with van der Waals surface area (Å²) in [4.78, 5) is 0. The molecule has 0 fully saturated rings. The molecule has 0 saturated heterocycles. The number of hydrogen-bond donors (Lipinski definition) is 1. The molecular weight excluding hydrogens is 268 g/mol. The number of benzene rings is 2. The predicted octanol–water partition coefficient (Wildman–Crippen LogP) is 5.20. The average Bonchev–Trinajstić information content (AvgIpc) is 2.46. The van der Waals surface area contributed by atoms with Crippen molar-refractivity contribution in [1.29, 1.82) is 0 Å². The Bertz CT molecular complexity index is 559. The third-order valence-electron chi connectivity index (χ3n) is 2.87. The molecule has 0 aromatic heterocycles. The molecule has 0 amide bonds. The second kappa shape index (κ2) is 7.11.